The number of para-hydroxylation sites is 2. The van der Waals surface area contributed by atoms with Gasteiger partial charge in [0.1, 0.15) is 11.4 Å². The molecule has 0 aliphatic carbocycles. The molecule has 1 fully saturated rings. The van der Waals surface area contributed by atoms with Crippen LogP contribution in [0.5, 0.6) is 5.75 Å². The van der Waals surface area contributed by atoms with Crippen LogP contribution < -0.4 is 9.64 Å². The summed E-state index contributed by atoms with van der Waals surface area (Å²) in [4.78, 5) is 12.2. The van der Waals surface area contributed by atoms with Crippen LogP contribution in [0.25, 0.3) is 0 Å². The summed E-state index contributed by atoms with van der Waals surface area (Å²) in [5, 5.41) is 11.2. The highest BCUT2D eigenvalue weighted by molar-refractivity contribution is 7.89. The van der Waals surface area contributed by atoms with E-state index in [1.807, 2.05) is 0 Å². The van der Waals surface area contributed by atoms with Crippen LogP contribution in [0.15, 0.2) is 53.4 Å². The van der Waals surface area contributed by atoms with Gasteiger partial charge in [0, 0.05) is 32.2 Å². The highest BCUT2D eigenvalue weighted by atomic mass is 32.2. The van der Waals surface area contributed by atoms with Gasteiger partial charge in [0.05, 0.1) is 9.82 Å². The smallest absolute Gasteiger partial charge is 0.406 e. The molecule has 29 heavy (non-hydrogen) atoms. The van der Waals surface area contributed by atoms with Crippen molar-refractivity contribution in [3.05, 3.63) is 58.6 Å². The number of anilines is 1. The van der Waals surface area contributed by atoms with E-state index >= 15 is 0 Å². The Balaban J connectivity index is 1.71. The van der Waals surface area contributed by atoms with Crippen molar-refractivity contribution >= 4 is 21.4 Å². The van der Waals surface area contributed by atoms with Crippen molar-refractivity contribution in [2.45, 2.75) is 11.3 Å². The zero-order valence-electron chi connectivity index (χ0n) is 14.9. The first-order valence-electron chi connectivity index (χ1n) is 8.42. The topological polar surface area (TPSA) is 93.0 Å². The van der Waals surface area contributed by atoms with Crippen molar-refractivity contribution in [2.75, 3.05) is 31.1 Å². The number of nitro benzene ring substituents is 1. The lowest BCUT2D eigenvalue weighted by Crippen LogP contribution is -2.48. The Morgan fingerprint density at radius 2 is 1.55 bits per heavy atom. The Kier molecular flexibility index (Phi) is 5.66. The van der Waals surface area contributed by atoms with Crippen molar-refractivity contribution < 1.29 is 31.2 Å². The predicted molar refractivity (Wildman–Crippen MR) is 97.2 cm³/mol. The minimum Gasteiger partial charge on any atom is -0.406 e. The quantitative estimate of drug-likeness (QED) is 0.534. The number of ether oxygens (including phenoxy) is 1. The normalized spacial score (nSPS) is 15.9. The first-order chi connectivity index (χ1) is 13.6. The highest BCUT2D eigenvalue weighted by Crippen LogP contribution is 2.30. The van der Waals surface area contributed by atoms with Crippen molar-refractivity contribution in [1.82, 2.24) is 4.31 Å². The number of nitrogens with zero attached hydrogens (tertiary/aromatic N) is 3. The predicted octanol–water partition coefficient (Wildman–Crippen LogP) is 3.00. The van der Waals surface area contributed by atoms with E-state index < -0.39 is 27.1 Å². The van der Waals surface area contributed by atoms with Crippen LogP contribution in [0.2, 0.25) is 0 Å². The fourth-order valence-corrected chi connectivity index (χ4v) is 4.44. The Morgan fingerprint density at radius 1 is 0.966 bits per heavy atom. The molecule has 1 heterocycles. The maximum Gasteiger partial charge on any atom is 0.573 e. The number of nitro groups is 1. The number of hydrogen-bond donors (Lipinski definition) is 0. The number of sulfonamides is 1. The Hall–Kier alpha value is -2.86. The average molecular weight is 431 g/mol. The molecular weight excluding hydrogens is 415 g/mol. The molecule has 1 aliphatic heterocycles. The SMILES string of the molecule is O=[N+]([O-])c1ccccc1N1CCN(S(=O)(=O)c2ccc(OC(F)(F)F)cc2)CC1. The molecule has 1 saturated heterocycles. The van der Waals surface area contributed by atoms with E-state index in [1.165, 1.54) is 10.4 Å². The van der Waals surface area contributed by atoms with Crippen LogP contribution in [0.3, 0.4) is 0 Å². The second kappa shape index (κ2) is 7.87. The lowest BCUT2D eigenvalue weighted by atomic mass is 10.2. The summed E-state index contributed by atoms with van der Waals surface area (Å²) < 4.78 is 67.1. The summed E-state index contributed by atoms with van der Waals surface area (Å²) >= 11 is 0. The Morgan fingerprint density at radius 3 is 2.10 bits per heavy atom. The summed E-state index contributed by atoms with van der Waals surface area (Å²) in [6, 6.07) is 10.2. The molecule has 2 aromatic carbocycles. The molecule has 1 aliphatic rings. The van der Waals surface area contributed by atoms with Crippen LogP contribution in [0.1, 0.15) is 0 Å². The molecule has 0 N–H and O–H groups in total. The van der Waals surface area contributed by atoms with Gasteiger partial charge >= 0.3 is 6.36 Å². The van der Waals surface area contributed by atoms with E-state index in [2.05, 4.69) is 4.74 Å². The van der Waals surface area contributed by atoms with Crippen molar-refractivity contribution in [3.8, 4) is 5.75 Å². The number of rotatable bonds is 5. The summed E-state index contributed by atoms with van der Waals surface area (Å²) in [6.45, 7) is 0.628. The first kappa shape index (κ1) is 20.9. The van der Waals surface area contributed by atoms with Gasteiger partial charge in [-0.1, -0.05) is 12.1 Å². The maximum atomic E-state index is 12.7. The van der Waals surface area contributed by atoms with E-state index in [9.17, 15) is 31.7 Å². The minimum absolute atomic E-state index is 0.0657. The molecule has 0 radical (unpaired) electrons. The lowest BCUT2D eigenvalue weighted by molar-refractivity contribution is -0.384. The number of piperazine rings is 1. The average Bonchev–Trinajstić information content (AvgIpc) is 2.67. The fraction of sp³-hybridized carbons (Fsp3) is 0.294. The molecule has 0 saturated carbocycles. The Labute approximate surface area is 164 Å². The molecule has 0 amide bonds. The monoisotopic (exact) mass is 431 g/mol. The van der Waals surface area contributed by atoms with Crippen LogP contribution in [0, 0.1) is 10.1 Å². The zero-order chi connectivity index (χ0) is 21.2. The largest absolute Gasteiger partial charge is 0.573 e. The molecule has 0 unspecified atom stereocenters. The van der Waals surface area contributed by atoms with Crippen molar-refractivity contribution in [3.63, 3.8) is 0 Å². The van der Waals surface area contributed by atoms with Crippen LogP contribution >= 0.6 is 0 Å². The maximum absolute atomic E-state index is 12.7. The molecule has 12 heteroatoms. The summed E-state index contributed by atoms with van der Waals surface area (Å²) in [7, 11) is -3.92. The number of alkyl halides is 3. The third-order valence-corrected chi connectivity index (χ3v) is 6.27. The number of benzene rings is 2. The zero-order valence-corrected chi connectivity index (χ0v) is 15.7. The fourth-order valence-electron chi connectivity index (χ4n) is 3.02. The van der Waals surface area contributed by atoms with Gasteiger partial charge in [-0.3, -0.25) is 10.1 Å². The second-order valence-corrected chi connectivity index (χ2v) is 8.09. The van der Waals surface area contributed by atoms with Gasteiger partial charge in [-0.15, -0.1) is 13.2 Å². The van der Waals surface area contributed by atoms with E-state index in [0.29, 0.717) is 5.69 Å². The van der Waals surface area contributed by atoms with Gasteiger partial charge in [0.25, 0.3) is 5.69 Å². The summed E-state index contributed by atoms with van der Waals surface area (Å²) in [5.41, 5.74) is 0.340. The molecule has 0 spiro atoms. The van der Waals surface area contributed by atoms with Crippen LogP contribution in [-0.4, -0.2) is 50.2 Å². The van der Waals surface area contributed by atoms with Crippen LogP contribution in [0.4, 0.5) is 24.5 Å². The van der Waals surface area contributed by atoms with Crippen molar-refractivity contribution in [2.24, 2.45) is 0 Å². The van der Waals surface area contributed by atoms with Gasteiger partial charge in [-0.25, -0.2) is 8.42 Å². The standard InChI is InChI=1S/C17H16F3N3O5S/c18-17(19,20)28-13-5-7-14(8-6-13)29(26,27)22-11-9-21(10-12-22)15-3-1-2-4-16(15)23(24)25/h1-8H,9-12H2. The molecule has 8 nitrogen and oxygen atoms in total. The van der Waals surface area contributed by atoms with E-state index in [1.54, 1.807) is 23.1 Å². The summed E-state index contributed by atoms with van der Waals surface area (Å²) in [6.07, 6.45) is -4.86. The minimum atomic E-state index is -4.86. The van der Waals surface area contributed by atoms with Crippen molar-refractivity contribution in [1.29, 1.82) is 0 Å². The molecule has 3 rings (SSSR count). The second-order valence-electron chi connectivity index (χ2n) is 6.16. The van der Waals surface area contributed by atoms with Gasteiger partial charge in [-0.05, 0) is 30.3 Å². The molecule has 0 atom stereocenters. The molecule has 156 valence electrons. The van der Waals surface area contributed by atoms with Gasteiger partial charge in [0.15, 0.2) is 0 Å². The van der Waals surface area contributed by atoms with E-state index in [0.717, 1.165) is 24.3 Å². The van der Waals surface area contributed by atoms with Crippen LogP contribution in [-0.2, 0) is 10.0 Å². The highest BCUT2D eigenvalue weighted by Gasteiger charge is 2.32. The van der Waals surface area contributed by atoms with Gasteiger partial charge in [0.2, 0.25) is 10.0 Å². The third-order valence-electron chi connectivity index (χ3n) is 4.35. The number of halogens is 3. The third kappa shape index (κ3) is 4.77. The molecule has 2 aromatic rings. The first-order valence-corrected chi connectivity index (χ1v) is 9.86. The Bertz CT molecular complexity index is 988. The molecule has 0 aromatic heterocycles. The van der Waals surface area contributed by atoms with Gasteiger partial charge < -0.3 is 9.64 Å². The van der Waals surface area contributed by atoms with E-state index in [4.69, 9.17) is 0 Å². The lowest BCUT2D eigenvalue weighted by Gasteiger charge is -2.35. The molecular formula is C17H16F3N3O5S. The number of hydrogen-bond acceptors (Lipinski definition) is 6. The summed E-state index contributed by atoms with van der Waals surface area (Å²) in [5.74, 6) is -0.516. The van der Waals surface area contributed by atoms with E-state index in [-0.39, 0.29) is 36.8 Å². The van der Waals surface area contributed by atoms with Gasteiger partial charge in [-0.2, -0.15) is 4.31 Å². The molecule has 0 bridgehead atoms.